The second-order valence-electron chi connectivity index (χ2n) is 5.92. The lowest BCUT2D eigenvalue weighted by molar-refractivity contribution is 0.134. The van der Waals surface area contributed by atoms with Gasteiger partial charge in [0.25, 0.3) is 0 Å². The Kier molecular flexibility index (Phi) is 8.49. The molecular weight excluding hydrogens is 380 g/mol. The molecule has 0 unspecified atom stereocenters. The van der Waals surface area contributed by atoms with Gasteiger partial charge in [0, 0.05) is 31.2 Å². The highest BCUT2D eigenvalue weighted by Crippen LogP contribution is 2.11. The number of ether oxygens (including phenoxy) is 1. The van der Waals surface area contributed by atoms with E-state index in [2.05, 4.69) is 33.4 Å². The van der Waals surface area contributed by atoms with E-state index in [4.69, 9.17) is 4.74 Å². The van der Waals surface area contributed by atoms with Crippen molar-refractivity contribution in [1.82, 2.24) is 10.2 Å². The van der Waals surface area contributed by atoms with Crippen molar-refractivity contribution in [3.63, 3.8) is 0 Å². The number of nitrogens with one attached hydrogen (secondary N) is 1. The van der Waals surface area contributed by atoms with E-state index in [1.807, 2.05) is 42.5 Å². The number of carbonyl (C=O) groups excluding carboxylic acids is 1. The summed E-state index contributed by atoms with van der Waals surface area (Å²) in [5.41, 5.74) is 2.38. The predicted molar refractivity (Wildman–Crippen MR) is 105 cm³/mol. The Hall–Kier alpha value is -1.85. The fourth-order valence-electron chi connectivity index (χ4n) is 2.38. The van der Waals surface area contributed by atoms with Crippen molar-refractivity contribution in [3.05, 3.63) is 70.2 Å². The minimum absolute atomic E-state index is 0.0628. The highest BCUT2D eigenvalue weighted by atomic mass is 79.9. The summed E-state index contributed by atoms with van der Waals surface area (Å²) in [6.45, 7) is 2.58. The number of carbonyl (C=O) groups is 1. The first-order valence-corrected chi connectivity index (χ1v) is 9.29. The monoisotopic (exact) mass is 404 g/mol. The number of urea groups is 1. The Labute approximate surface area is 158 Å². The van der Waals surface area contributed by atoms with Gasteiger partial charge in [0.05, 0.1) is 6.61 Å². The quantitative estimate of drug-likeness (QED) is 0.634. The second kappa shape index (κ2) is 10.9. The third-order valence-electron chi connectivity index (χ3n) is 3.80. The molecule has 2 amide bonds. The fraction of sp³-hybridized carbons (Fsp3) is 0.350. The zero-order valence-corrected chi connectivity index (χ0v) is 16.2. The highest BCUT2D eigenvalue weighted by Gasteiger charge is 2.08. The number of amides is 2. The number of hydrogen-bond acceptors (Lipinski definition) is 2. The summed E-state index contributed by atoms with van der Waals surface area (Å²) in [5, 5.41) is 2.92. The van der Waals surface area contributed by atoms with Gasteiger partial charge >= 0.3 is 6.03 Å². The summed E-state index contributed by atoms with van der Waals surface area (Å²) >= 11 is 3.41. The zero-order valence-electron chi connectivity index (χ0n) is 14.6. The number of halogens is 1. The van der Waals surface area contributed by atoms with Crippen molar-refractivity contribution in [2.24, 2.45) is 0 Å². The molecule has 0 fully saturated rings. The number of rotatable bonds is 9. The van der Waals surface area contributed by atoms with Crippen molar-refractivity contribution in [2.45, 2.75) is 19.4 Å². The second-order valence-corrected chi connectivity index (χ2v) is 6.83. The van der Waals surface area contributed by atoms with Crippen LogP contribution in [0.15, 0.2) is 59.1 Å². The van der Waals surface area contributed by atoms with Crippen molar-refractivity contribution in [3.8, 4) is 0 Å². The lowest BCUT2D eigenvalue weighted by atomic mass is 10.2. The number of benzene rings is 2. The van der Waals surface area contributed by atoms with Crippen LogP contribution in [0.25, 0.3) is 0 Å². The lowest BCUT2D eigenvalue weighted by Crippen LogP contribution is -2.37. The SMILES string of the molecule is CN(Cc1ccc(Br)cc1)C(=O)NCCCOCCc1ccccc1. The molecule has 0 aromatic heterocycles. The van der Waals surface area contributed by atoms with Gasteiger partial charge in [0.1, 0.15) is 0 Å². The maximum Gasteiger partial charge on any atom is 0.317 e. The molecule has 0 heterocycles. The van der Waals surface area contributed by atoms with Crippen molar-refractivity contribution < 1.29 is 9.53 Å². The van der Waals surface area contributed by atoms with Crippen molar-refractivity contribution in [2.75, 3.05) is 26.8 Å². The predicted octanol–water partition coefficient (Wildman–Crippen LogP) is 4.24. The molecule has 2 aromatic rings. The number of hydrogen-bond donors (Lipinski definition) is 1. The molecule has 0 radical (unpaired) electrons. The topological polar surface area (TPSA) is 41.6 Å². The lowest BCUT2D eigenvalue weighted by Gasteiger charge is -2.18. The molecule has 134 valence electrons. The van der Waals surface area contributed by atoms with E-state index in [0.717, 1.165) is 22.9 Å². The van der Waals surface area contributed by atoms with Gasteiger partial charge in [-0.1, -0.05) is 58.4 Å². The molecule has 0 saturated carbocycles. The van der Waals surface area contributed by atoms with Crippen LogP contribution < -0.4 is 5.32 Å². The van der Waals surface area contributed by atoms with Crippen LogP contribution >= 0.6 is 15.9 Å². The average Bonchev–Trinajstić information content (AvgIpc) is 2.63. The van der Waals surface area contributed by atoms with E-state index in [0.29, 0.717) is 26.3 Å². The zero-order chi connectivity index (χ0) is 17.9. The number of nitrogens with zero attached hydrogens (tertiary/aromatic N) is 1. The smallest absolute Gasteiger partial charge is 0.317 e. The molecule has 5 heteroatoms. The van der Waals surface area contributed by atoms with Gasteiger partial charge < -0.3 is 15.0 Å². The van der Waals surface area contributed by atoms with Crippen LogP contribution in [0, 0.1) is 0 Å². The normalized spacial score (nSPS) is 10.5. The standard InChI is InChI=1S/C20H25BrN2O2/c1-23(16-18-8-10-19(21)11-9-18)20(24)22-13-5-14-25-15-12-17-6-3-2-4-7-17/h2-4,6-11H,5,12-16H2,1H3,(H,22,24). The van der Waals surface area contributed by atoms with E-state index in [1.54, 1.807) is 11.9 Å². The van der Waals surface area contributed by atoms with Crippen LogP contribution in [-0.4, -0.2) is 37.7 Å². The summed E-state index contributed by atoms with van der Waals surface area (Å²) in [4.78, 5) is 13.7. The molecule has 1 N–H and O–H groups in total. The van der Waals surface area contributed by atoms with E-state index in [9.17, 15) is 4.79 Å². The first-order chi connectivity index (χ1) is 12.1. The van der Waals surface area contributed by atoms with E-state index < -0.39 is 0 Å². The Bertz CT molecular complexity index is 632. The summed E-state index contributed by atoms with van der Waals surface area (Å²) < 4.78 is 6.65. The van der Waals surface area contributed by atoms with Crippen molar-refractivity contribution in [1.29, 1.82) is 0 Å². The largest absolute Gasteiger partial charge is 0.381 e. The summed E-state index contributed by atoms with van der Waals surface area (Å²) in [5.74, 6) is 0. The minimum atomic E-state index is -0.0628. The van der Waals surface area contributed by atoms with E-state index >= 15 is 0 Å². The Morgan fingerprint density at radius 3 is 2.48 bits per heavy atom. The average molecular weight is 405 g/mol. The molecule has 0 aliphatic carbocycles. The third kappa shape index (κ3) is 7.71. The maximum atomic E-state index is 12.1. The van der Waals surface area contributed by atoms with E-state index in [-0.39, 0.29) is 6.03 Å². The molecule has 0 atom stereocenters. The molecule has 4 nitrogen and oxygen atoms in total. The molecule has 2 aromatic carbocycles. The van der Waals surface area contributed by atoms with Crippen LogP contribution in [0.5, 0.6) is 0 Å². The highest BCUT2D eigenvalue weighted by molar-refractivity contribution is 9.10. The Morgan fingerprint density at radius 2 is 1.76 bits per heavy atom. The van der Waals surface area contributed by atoms with Crippen LogP contribution in [-0.2, 0) is 17.7 Å². The summed E-state index contributed by atoms with van der Waals surface area (Å²) in [7, 11) is 1.80. The molecule has 0 saturated heterocycles. The molecule has 0 bridgehead atoms. The molecular formula is C20H25BrN2O2. The van der Waals surface area contributed by atoms with E-state index in [1.165, 1.54) is 5.56 Å². The van der Waals surface area contributed by atoms with Crippen molar-refractivity contribution >= 4 is 22.0 Å². The minimum Gasteiger partial charge on any atom is -0.381 e. The van der Waals surface area contributed by atoms with Crippen LogP contribution in [0.3, 0.4) is 0 Å². The molecule has 25 heavy (non-hydrogen) atoms. The van der Waals surface area contributed by atoms with Gasteiger partial charge in [-0.15, -0.1) is 0 Å². The van der Waals surface area contributed by atoms with Gasteiger partial charge in [0.2, 0.25) is 0 Å². The van der Waals surface area contributed by atoms with Gasteiger partial charge in [0.15, 0.2) is 0 Å². The fourth-order valence-corrected chi connectivity index (χ4v) is 2.64. The van der Waals surface area contributed by atoms with Gasteiger partial charge in [-0.2, -0.15) is 0 Å². The van der Waals surface area contributed by atoms with Crippen LogP contribution in [0.1, 0.15) is 17.5 Å². The first-order valence-electron chi connectivity index (χ1n) is 8.50. The van der Waals surface area contributed by atoms with Gasteiger partial charge in [-0.3, -0.25) is 0 Å². The van der Waals surface area contributed by atoms with Gasteiger partial charge in [-0.05, 0) is 36.1 Å². The van der Waals surface area contributed by atoms with Crippen LogP contribution in [0.2, 0.25) is 0 Å². The Morgan fingerprint density at radius 1 is 1.04 bits per heavy atom. The molecule has 0 spiro atoms. The third-order valence-corrected chi connectivity index (χ3v) is 4.33. The van der Waals surface area contributed by atoms with Crippen LogP contribution in [0.4, 0.5) is 4.79 Å². The maximum absolute atomic E-state index is 12.1. The first kappa shape index (κ1) is 19.5. The summed E-state index contributed by atoms with van der Waals surface area (Å²) in [6.07, 6.45) is 1.73. The van der Waals surface area contributed by atoms with Gasteiger partial charge in [-0.25, -0.2) is 4.79 Å². The summed E-state index contributed by atoms with van der Waals surface area (Å²) in [6, 6.07) is 18.2. The molecule has 0 aliphatic rings. The molecule has 2 rings (SSSR count). The molecule has 0 aliphatic heterocycles. The Balaban J connectivity index is 1.53.